The Morgan fingerprint density at radius 2 is 2.07 bits per heavy atom. The second-order valence-corrected chi connectivity index (χ2v) is 5.90. The second-order valence-electron chi connectivity index (χ2n) is 4.36. The van der Waals surface area contributed by atoms with Gasteiger partial charge in [-0.3, -0.25) is 4.21 Å². The molecular formula is C11H18O2S. The van der Waals surface area contributed by atoms with Crippen LogP contribution in [0.2, 0.25) is 0 Å². The van der Waals surface area contributed by atoms with Crippen LogP contribution in [0.5, 0.6) is 0 Å². The minimum Gasteiger partial charge on any atom is -0.498 e. The molecule has 0 radical (unpaired) electrons. The Morgan fingerprint density at radius 1 is 1.43 bits per heavy atom. The summed E-state index contributed by atoms with van der Waals surface area (Å²) in [5.74, 6) is 2.20. The summed E-state index contributed by atoms with van der Waals surface area (Å²) in [5.41, 5.74) is 1.46. The summed E-state index contributed by atoms with van der Waals surface area (Å²) >= 11 is 0. The van der Waals surface area contributed by atoms with Gasteiger partial charge in [0.2, 0.25) is 0 Å². The molecule has 0 N–H and O–H groups in total. The fourth-order valence-electron chi connectivity index (χ4n) is 1.96. The molecule has 0 spiro atoms. The normalized spacial score (nSPS) is 33.6. The van der Waals surface area contributed by atoms with E-state index in [1.807, 2.05) is 6.26 Å². The minimum absolute atomic E-state index is 0.251. The number of ether oxygens (including phenoxy) is 1. The number of hydrogen-bond donors (Lipinski definition) is 0. The highest BCUT2D eigenvalue weighted by molar-refractivity contribution is 7.86. The van der Waals surface area contributed by atoms with Crippen LogP contribution in [0.15, 0.2) is 11.8 Å². The molecule has 2 nitrogen and oxygen atoms in total. The first-order valence-electron chi connectivity index (χ1n) is 5.44. The van der Waals surface area contributed by atoms with E-state index in [9.17, 15) is 4.21 Å². The smallest absolute Gasteiger partial charge is 0.0996 e. The van der Waals surface area contributed by atoms with Gasteiger partial charge in [0.15, 0.2) is 0 Å². The Kier molecular flexibility index (Phi) is 3.26. The first-order chi connectivity index (χ1) is 6.75. The highest BCUT2D eigenvalue weighted by Gasteiger charge is 2.31. The molecule has 0 bridgehead atoms. The molecule has 1 aliphatic carbocycles. The Labute approximate surface area is 88.2 Å². The van der Waals surface area contributed by atoms with Crippen LogP contribution in [0.25, 0.3) is 0 Å². The summed E-state index contributed by atoms with van der Waals surface area (Å²) in [7, 11) is -0.549. The molecule has 0 aromatic rings. The number of allylic oxidation sites excluding steroid dienone is 1. The molecule has 2 aliphatic rings. The fraction of sp³-hybridized carbons (Fsp3) is 0.818. The quantitative estimate of drug-likeness (QED) is 0.673. The van der Waals surface area contributed by atoms with Crippen LogP contribution in [0.1, 0.15) is 32.6 Å². The summed E-state index contributed by atoms with van der Waals surface area (Å²) in [4.78, 5) is 0. The third-order valence-electron chi connectivity index (χ3n) is 3.16. The van der Waals surface area contributed by atoms with Gasteiger partial charge < -0.3 is 4.74 Å². The average Bonchev–Trinajstić information content (AvgIpc) is 2.61. The van der Waals surface area contributed by atoms with E-state index < -0.39 is 10.8 Å². The van der Waals surface area contributed by atoms with E-state index in [0.29, 0.717) is 5.92 Å². The standard InChI is InChI=1S/C11H18O2S/c1-9(11-7-14(12)8-11)13-6-10-4-2-3-5-10/h6,9,11H,2-5,7-8H2,1H3. The zero-order chi connectivity index (χ0) is 9.97. The molecule has 0 aromatic carbocycles. The van der Waals surface area contributed by atoms with Crippen LogP contribution in [0, 0.1) is 5.92 Å². The van der Waals surface area contributed by atoms with Gasteiger partial charge in [0.25, 0.3) is 0 Å². The third-order valence-corrected chi connectivity index (χ3v) is 4.76. The van der Waals surface area contributed by atoms with Gasteiger partial charge in [0, 0.05) is 28.2 Å². The van der Waals surface area contributed by atoms with E-state index in [0.717, 1.165) is 11.5 Å². The van der Waals surface area contributed by atoms with Gasteiger partial charge in [0.1, 0.15) is 0 Å². The van der Waals surface area contributed by atoms with Crippen molar-refractivity contribution in [2.24, 2.45) is 5.92 Å². The van der Waals surface area contributed by atoms with Crippen molar-refractivity contribution in [3.8, 4) is 0 Å². The first kappa shape index (κ1) is 10.2. The zero-order valence-corrected chi connectivity index (χ0v) is 9.52. The van der Waals surface area contributed by atoms with Crippen molar-refractivity contribution in [1.29, 1.82) is 0 Å². The summed E-state index contributed by atoms with van der Waals surface area (Å²) in [5, 5.41) is 0. The predicted octanol–water partition coefficient (Wildman–Crippen LogP) is 2.23. The molecular weight excluding hydrogens is 196 g/mol. The SMILES string of the molecule is CC(OC=C1CCCC1)C1CS(=O)C1. The Bertz CT molecular complexity index is 244. The van der Waals surface area contributed by atoms with Gasteiger partial charge in [-0.25, -0.2) is 0 Å². The van der Waals surface area contributed by atoms with E-state index in [4.69, 9.17) is 4.74 Å². The second kappa shape index (κ2) is 4.47. The van der Waals surface area contributed by atoms with Gasteiger partial charge in [0.05, 0.1) is 12.4 Å². The van der Waals surface area contributed by atoms with Gasteiger partial charge in [-0.15, -0.1) is 0 Å². The molecule has 14 heavy (non-hydrogen) atoms. The Balaban J connectivity index is 1.74. The molecule has 1 aliphatic heterocycles. The predicted molar refractivity (Wildman–Crippen MR) is 58.5 cm³/mol. The van der Waals surface area contributed by atoms with E-state index in [1.54, 1.807) is 0 Å². The summed E-state index contributed by atoms with van der Waals surface area (Å²) < 4.78 is 16.6. The monoisotopic (exact) mass is 214 g/mol. The van der Waals surface area contributed by atoms with Crippen LogP contribution in [-0.2, 0) is 15.5 Å². The maximum atomic E-state index is 10.9. The molecule has 1 heterocycles. The molecule has 2 rings (SSSR count). The summed E-state index contributed by atoms with van der Waals surface area (Å²) in [6, 6.07) is 0. The largest absolute Gasteiger partial charge is 0.498 e. The lowest BCUT2D eigenvalue weighted by Gasteiger charge is -2.30. The first-order valence-corrected chi connectivity index (χ1v) is 6.93. The lowest BCUT2D eigenvalue weighted by Crippen LogP contribution is -2.39. The molecule has 80 valence electrons. The summed E-state index contributed by atoms with van der Waals surface area (Å²) in [6.45, 7) is 2.09. The van der Waals surface area contributed by atoms with E-state index in [-0.39, 0.29) is 6.10 Å². The number of rotatable bonds is 3. The lowest BCUT2D eigenvalue weighted by molar-refractivity contribution is 0.114. The van der Waals surface area contributed by atoms with E-state index >= 15 is 0 Å². The fourth-order valence-corrected chi connectivity index (χ4v) is 3.36. The Morgan fingerprint density at radius 3 is 2.64 bits per heavy atom. The molecule has 1 saturated heterocycles. The lowest BCUT2D eigenvalue weighted by atomic mass is 10.1. The summed E-state index contributed by atoms with van der Waals surface area (Å²) in [6.07, 6.45) is 7.26. The van der Waals surface area contributed by atoms with Crippen LogP contribution in [0.3, 0.4) is 0 Å². The highest BCUT2D eigenvalue weighted by atomic mass is 32.2. The van der Waals surface area contributed by atoms with Crippen molar-refractivity contribution in [3.63, 3.8) is 0 Å². The van der Waals surface area contributed by atoms with Crippen molar-refractivity contribution >= 4 is 10.8 Å². The minimum atomic E-state index is -0.549. The Hall–Kier alpha value is -0.310. The van der Waals surface area contributed by atoms with Crippen molar-refractivity contribution in [2.45, 2.75) is 38.7 Å². The number of hydrogen-bond acceptors (Lipinski definition) is 2. The van der Waals surface area contributed by atoms with Crippen molar-refractivity contribution in [2.75, 3.05) is 11.5 Å². The van der Waals surface area contributed by atoms with Crippen molar-refractivity contribution in [1.82, 2.24) is 0 Å². The van der Waals surface area contributed by atoms with Crippen molar-refractivity contribution < 1.29 is 8.95 Å². The van der Waals surface area contributed by atoms with Gasteiger partial charge >= 0.3 is 0 Å². The van der Waals surface area contributed by atoms with Gasteiger partial charge in [-0.05, 0) is 38.2 Å². The zero-order valence-electron chi connectivity index (χ0n) is 8.70. The maximum Gasteiger partial charge on any atom is 0.0996 e. The molecule has 0 amide bonds. The molecule has 2 fully saturated rings. The topological polar surface area (TPSA) is 26.3 Å². The van der Waals surface area contributed by atoms with Crippen molar-refractivity contribution in [3.05, 3.63) is 11.8 Å². The molecule has 3 heteroatoms. The highest BCUT2D eigenvalue weighted by Crippen LogP contribution is 2.25. The average molecular weight is 214 g/mol. The van der Waals surface area contributed by atoms with Gasteiger partial charge in [-0.1, -0.05) is 0 Å². The molecule has 0 aromatic heterocycles. The van der Waals surface area contributed by atoms with Crippen LogP contribution in [0.4, 0.5) is 0 Å². The molecule has 1 atom stereocenters. The maximum absolute atomic E-state index is 10.9. The van der Waals surface area contributed by atoms with E-state index in [1.165, 1.54) is 31.3 Å². The van der Waals surface area contributed by atoms with Gasteiger partial charge in [-0.2, -0.15) is 0 Å². The van der Waals surface area contributed by atoms with Crippen LogP contribution < -0.4 is 0 Å². The molecule has 1 saturated carbocycles. The third kappa shape index (κ3) is 2.38. The molecule has 1 unspecified atom stereocenters. The van der Waals surface area contributed by atoms with Crippen LogP contribution >= 0.6 is 0 Å². The van der Waals surface area contributed by atoms with E-state index in [2.05, 4.69) is 6.92 Å². The van der Waals surface area contributed by atoms with Crippen LogP contribution in [-0.4, -0.2) is 21.8 Å².